The maximum Gasteiger partial charge on any atom is 0.228 e. The van der Waals surface area contributed by atoms with Crippen molar-refractivity contribution in [1.82, 2.24) is 9.78 Å². The monoisotopic (exact) mass is 262 g/mol. The number of carbonyl (C=O) groups is 1. The molecule has 0 amide bonds. The first-order valence-electron chi connectivity index (χ1n) is 5.47. The number of benzene rings is 1. The Balaban J connectivity index is 2.42. The fourth-order valence-electron chi connectivity index (χ4n) is 1.72. The smallest absolute Gasteiger partial charge is 0.228 e. The van der Waals surface area contributed by atoms with Crippen LogP contribution in [0, 0.1) is 6.92 Å². The van der Waals surface area contributed by atoms with E-state index in [-0.39, 0.29) is 0 Å². The summed E-state index contributed by atoms with van der Waals surface area (Å²) in [6.45, 7) is 1.79. The third-order valence-corrected chi connectivity index (χ3v) is 3.38. The summed E-state index contributed by atoms with van der Waals surface area (Å²) in [7, 11) is 1.76. The summed E-state index contributed by atoms with van der Waals surface area (Å²) in [5.41, 5.74) is 1.16. The van der Waals surface area contributed by atoms with Gasteiger partial charge in [0, 0.05) is 11.9 Å². The summed E-state index contributed by atoms with van der Waals surface area (Å²) in [5.74, 6) is 1.21. The van der Waals surface area contributed by atoms with Crippen molar-refractivity contribution in [3.8, 4) is 11.6 Å². The molecule has 0 bridgehead atoms. The normalized spacial score (nSPS) is 10.4. The van der Waals surface area contributed by atoms with Gasteiger partial charge in [0.15, 0.2) is 6.29 Å². The van der Waals surface area contributed by atoms with E-state index in [1.165, 1.54) is 0 Å². The van der Waals surface area contributed by atoms with Crippen molar-refractivity contribution in [3.63, 3.8) is 0 Å². The van der Waals surface area contributed by atoms with Gasteiger partial charge >= 0.3 is 0 Å². The molecule has 94 valence electrons. The van der Waals surface area contributed by atoms with Crippen molar-refractivity contribution in [2.45, 2.75) is 11.8 Å². The third-order valence-electron chi connectivity index (χ3n) is 2.61. The standard InChI is InChI=1S/C13H14N2O2S/c1-9-10(8-16)13(15(2)14-9)17-11-6-4-5-7-12(11)18-3/h4-8H,1-3H3. The van der Waals surface area contributed by atoms with Crippen molar-refractivity contribution in [2.75, 3.05) is 6.26 Å². The van der Waals surface area contributed by atoms with E-state index < -0.39 is 0 Å². The first kappa shape index (κ1) is 12.7. The van der Waals surface area contributed by atoms with Gasteiger partial charge in [0.25, 0.3) is 0 Å². The molecule has 2 aromatic rings. The molecule has 0 N–H and O–H groups in total. The molecule has 0 spiro atoms. The zero-order valence-electron chi connectivity index (χ0n) is 10.5. The molecule has 0 aliphatic carbocycles. The van der Waals surface area contributed by atoms with Gasteiger partial charge in [0.1, 0.15) is 5.75 Å². The highest BCUT2D eigenvalue weighted by atomic mass is 32.2. The molecular weight excluding hydrogens is 248 g/mol. The van der Waals surface area contributed by atoms with Crippen LogP contribution in [0.1, 0.15) is 16.1 Å². The maximum atomic E-state index is 11.1. The van der Waals surface area contributed by atoms with Crippen molar-refractivity contribution >= 4 is 18.0 Å². The van der Waals surface area contributed by atoms with Gasteiger partial charge in [-0.2, -0.15) is 5.10 Å². The van der Waals surface area contributed by atoms with E-state index in [1.807, 2.05) is 30.5 Å². The van der Waals surface area contributed by atoms with Crippen LogP contribution >= 0.6 is 11.8 Å². The summed E-state index contributed by atoms with van der Waals surface area (Å²) < 4.78 is 7.40. The molecule has 0 unspecified atom stereocenters. The quantitative estimate of drug-likeness (QED) is 0.627. The minimum absolute atomic E-state index is 0.476. The van der Waals surface area contributed by atoms with Gasteiger partial charge in [-0.3, -0.25) is 4.79 Å². The SMILES string of the molecule is CSc1ccccc1Oc1c(C=O)c(C)nn1C. The summed E-state index contributed by atoms with van der Waals surface area (Å²) in [6.07, 6.45) is 2.76. The second-order valence-electron chi connectivity index (χ2n) is 3.80. The van der Waals surface area contributed by atoms with Crippen LogP contribution in [0.2, 0.25) is 0 Å². The van der Waals surface area contributed by atoms with E-state index in [4.69, 9.17) is 4.74 Å². The van der Waals surface area contributed by atoms with E-state index in [0.717, 1.165) is 16.9 Å². The van der Waals surface area contributed by atoms with E-state index >= 15 is 0 Å². The second kappa shape index (κ2) is 5.27. The van der Waals surface area contributed by atoms with Crippen LogP contribution in [-0.4, -0.2) is 22.3 Å². The van der Waals surface area contributed by atoms with E-state index in [1.54, 1.807) is 30.4 Å². The number of rotatable bonds is 4. The Morgan fingerprint density at radius 3 is 2.78 bits per heavy atom. The van der Waals surface area contributed by atoms with Crippen LogP contribution in [0.15, 0.2) is 29.2 Å². The van der Waals surface area contributed by atoms with Gasteiger partial charge in [-0.1, -0.05) is 12.1 Å². The molecule has 0 fully saturated rings. The molecule has 0 aliphatic rings. The maximum absolute atomic E-state index is 11.1. The Kier molecular flexibility index (Phi) is 3.72. The van der Waals surface area contributed by atoms with Crippen molar-refractivity contribution in [2.24, 2.45) is 7.05 Å². The summed E-state index contributed by atoms with van der Waals surface area (Å²) >= 11 is 1.60. The molecule has 4 nitrogen and oxygen atoms in total. The van der Waals surface area contributed by atoms with E-state index in [0.29, 0.717) is 17.1 Å². The van der Waals surface area contributed by atoms with Gasteiger partial charge < -0.3 is 4.74 Å². The third kappa shape index (κ3) is 2.26. The van der Waals surface area contributed by atoms with Crippen LogP contribution in [0.3, 0.4) is 0 Å². The number of nitrogens with zero attached hydrogens (tertiary/aromatic N) is 2. The second-order valence-corrected chi connectivity index (χ2v) is 4.65. The number of para-hydroxylation sites is 1. The molecule has 5 heteroatoms. The zero-order chi connectivity index (χ0) is 13.1. The molecular formula is C13H14N2O2S. The largest absolute Gasteiger partial charge is 0.437 e. The lowest BCUT2D eigenvalue weighted by molar-refractivity contribution is 0.112. The molecule has 2 rings (SSSR count). The number of aromatic nitrogens is 2. The van der Waals surface area contributed by atoms with Gasteiger partial charge in [0.2, 0.25) is 5.88 Å². The minimum Gasteiger partial charge on any atom is -0.437 e. The van der Waals surface area contributed by atoms with Crippen LogP contribution < -0.4 is 4.74 Å². The van der Waals surface area contributed by atoms with Crippen LogP contribution in [0.4, 0.5) is 0 Å². The van der Waals surface area contributed by atoms with E-state index in [9.17, 15) is 4.79 Å². The highest BCUT2D eigenvalue weighted by Crippen LogP contribution is 2.32. The first-order chi connectivity index (χ1) is 8.67. The van der Waals surface area contributed by atoms with E-state index in [2.05, 4.69) is 5.10 Å². The molecule has 0 aliphatic heterocycles. The number of ether oxygens (including phenoxy) is 1. The minimum atomic E-state index is 0.476. The fraction of sp³-hybridized carbons (Fsp3) is 0.231. The van der Waals surface area contributed by atoms with Gasteiger partial charge in [0.05, 0.1) is 11.3 Å². The average molecular weight is 262 g/mol. The van der Waals surface area contributed by atoms with Gasteiger partial charge in [-0.25, -0.2) is 4.68 Å². The van der Waals surface area contributed by atoms with Crippen molar-refractivity contribution in [1.29, 1.82) is 0 Å². The van der Waals surface area contributed by atoms with Gasteiger partial charge in [-0.15, -0.1) is 11.8 Å². The predicted molar refractivity (Wildman–Crippen MR) is 71.6 cm³/mol. The van der Waals surface area contributed by atoms with Crippen LogP contribution in [0.25, 0.3) is 0 Å². The summed E-state index contributed by atoms with van der Waals surface area (Å²) in [4.78, 5) is 12.1. The van der Waals surface area contributed by atoms with Gasteiger partial charge in [-0.05, 0) is 25.3 Å². The van der Waals surface area contributed by atoms with Crippen LogP contribution in [-0.2, 0) is 7.05 Å². The number of hydrogen-bond acceptors (Lipinski definition) is 4. The molecule has 18 heavy (non-hydrogen) atoms. The Morgan fingerprint density at radius 1 is 1.39 bits per heavy atom. The Hall–Kier alpha value is -1.75. The topological polar surface area (TPSA) is 44.1 Å². The number of aryl methyl sites for hydroxylation is 2. The lowest BCUT2D eigenvalue weighted by atomic mass is 10.3. The summed E-state index contributed by atoms with van der Waals surface area (Å²) in [6, 6.07) is 7.71. The lowest BCUT2D eigenvalue weighted by Gasteiger charge is -2.09. The Morgan fingerprint density at radius 2 is 2.11 bits per heavy atom. The highest BCUT2D eigenvalue weighted by Gasteiger charge is 2.15. The van der Waals surface area contributed by atoms with Crippen LogP contribution in [0.5, 0.6) is 11.6 Å². The Bertz CT molecular complexity index is 578. The van der Waals surface area contributed by atoms with Crippen molar-refractivity contribution in [3.05, 3.63) is 35.5 Å². The first-order valence-corrected chi connectivity index (χ1v) is 6.69. The number of aldehydes is 1. The summed E-state index contributed by atoms with van der Waals surface area (Å²) in [5, 5.41) is 4.19. The van der Waals surface area contributed by atoms with Crippen molar-refractivity contribution < 1.29 is 9.53 Å². The number of hydrogen-bond donors (Lipinski definition) is 0. The molecule has 0 radical (unpaired) electrons. The molecule has 1 heterocycles. The number of thioether (sulfide) groups is 1. The average Bonchev–Trinajstić information content (AvgIpc) is 2.64. The molecule has 0 atom stereocenters. The fourth-order valence-corrected chi connectivity index (χ4v) is 2.24. The molecule has 0 saturated heterocycles. The lowest BCUT2D eigenvalue weighted by Crippen LogP contribution is -1.97. The molecule has 1 aromatic heterocycles. The highest BCUT2D eigenvalue weighted by molar-refractivity contribution is 7.98. The molecule has 0 saturated carbocycles. The Labute approximate surface area is 110 Å². The molecule has 1 aromatic carbocycles. The zero-order valence-corrected chi connectivity index (χ0v) is 11.3. The predicted octanol–water partition coefficient (Wildman–Crippen LogP) is 3.06. The number of carbonyl (C=O) groups excluding carboxylic acids is 1.